The first-order chi connectivity index (χ1) is 30.3. The Morgan fingerprint density at radius 1 is 0.297 bits per heavy atom. The van der Waals surface area contributed by atoms with Gasteiger partial charge in [0.2, 0.25) is 0 Å². The van der Waals surface area contributed by atoms with E-state index in [-0.39, 0.29) is 24.0 Å². The zero-order valence-electron chi connectivity index (χ0n) is 40.1. The smallest absolute Gasteiger partial charge is 0.203 e. The number of alkyl halides is 7. The molecule has 5 aromatic carbocycles. The van der Waals surface area contributed by atoms with Crippen molar-refractivity contribution in [2.24, 2.45) is 0 Å². The average molecular weight is 966 g/mol. The predicted molar refractivity (Wildman–Crippen MR) is 262 cm³/mol. The predicted octanol–water partition coefficient (Wildman–Crippen LogP) is 18.3. The van der Waals surface area contributed by atoms with Gasteiger partial charge in [-0.1, -0.05) is 152 Å². The minimum absolute atomic E-state index is 0.0739. The fraction of sp³-hybridized carbons (Fsp3) is 0.434. The highest BCUT2D eigenvalue weighted by Crippen LogP contribution is 2.31. The van der Waals surface area contributed by atoms with E-state index in [1.165, 1.54) is 66.4 Å². The van der Waals surface area contributed by atoms with Gasteiger partial charge in [-0.2, -0.15) is 0 Å². The molecule has 5 rings (SSSR count). The molecule has 0 fully saturated rings. The van der Waals surface area contributed by atoms with E-state index in [0.29, 0.717) is 0 Å². The summed E-state index contributed by atoms with van der Waals surface area (Å²) in [7, 11) is 0. The Hall–Kier alpha value is -3.59. The fourth-order valence-electron chi connectivity index (χ4n) is 5.43. The number of benzene rings is 5. The Kier molecular flexibility index (Phi) is 37.0. The quantitative estimate of drug-likeness (QED) is 0.0743. The normalized spacial score (nSPS) is 10.1. The molecule has 0 aliphatic carbocycles. The van der Waals surface area contributed by atoms with Gasteiger partial charge < -0.3 is 0 Å². The second kappa shape index (κ2) is 36.6. The second-order valence-corrected chi connectivity index (χ2v) is 13.8. The molecule has 0 saturated heterocycles. The van der Waals surface area contributed by atoms with Gasteiger partial charge in [-0.15, -0.1) is 34.8 Å². The summed E-state index contributed by atoms with van der Waals surface area (Å²) in [6.07, 6.45) is 11.1. The molecule has 0 atom stereocenters. The second-order valence-electron chi connectivity index (χ2n) is 13.8. The SMILES string of the molecule is CC(F)(F)c1ccc(C(C)(F)F)cc1.CCc1c(F)c(F)c(CC)c(F)c1F.CCc1ccc(CC)cc1.CCc1ccc(CC)cc1.CCc1ccc(CC)cc1.CCl.CCl.CCl. The molecule has 0 aliphatic rings. The van der Waals surface area contributed by atoms with E-state index in [2.05, 4.69) is 149 Å². The van der Waals surface area contributed by atoms with Gasteiger partial charge in [-0.25, -0.2) is 35.1 Å². The molecule has 0 amide bonds. The van der Waals surface area contributed by atoms with E-state index in [0.717, 1.165) is 76.6 Å². The van der Waals surface area contributed by atoms with Crippen molar-refractivity contribution in [1.29, 1.82) is 0 Å². The summed E-state index contributed by atoms with van der Waals surface area (Å²) >= 11 is 13.9. The van der Waals surface area contributed by atoms with Gasteiger partial charge in [0.25, 0.3) is 11.8 Å². The maximum absolute atomic E-state index is 13.1. The molecule has 0 bridgehead atoms. The van der Waals surface area contributed by atoms with Crippen LogP contribution in [0.3, 0.4) is 0 Å². The van der Waals surface area contributed by atoms with Crippen LogP contribution < -0.4 is 0 Å². The number of halogens is 11. The first-order valence-corrected chi connectivity index (χ1v) is 23.7. The zero-order chi connectivity index (χ0) is 50.1. The van der Waals surface area contributed by atoms with Crippen LogP contribution in [0.2, 0.25) is 0 Å². The third kappa shape index (κ3) is 24.6. The van der Waals surface area contributed by atoms with Crippen molar-refractivity contribution in [2.45, 2.75) is 132 Å². The van der Waals surface area contributed by atoms with Crippen molar-refractivity contribution in [1.82, 2.24) is 0 Å². The largest absolute Gasteiger partial charge is 0.270 e. The van der Waals surface area contributed by atoms with E-state index >= 15 is 0 Å². The van der Waals surface area contributed by atoms with Gasteiger partial charge in [0.05, 0.1) is 0 Å². The first-order valence-electron chi connectivity index (χ1n) is 21.4. The molecule has 64 heavy (non-hydrogen) atoms. The molecule has 0 unspecified atom stereocenters. The van der Waals surface area contributed by atoms with Crippen LogP contribution in [0.1, 0.15) is 125 Å². The molecule has 360 valence electrons. The minimum atomic E-state index is -2.98. The maximum Gasteiger partial charge on any atom is 0.270 e. The summed E-state index contributed by atoms with van der Waals surface area (Å²) in [4.78, 5) is 0. The highest BCUT2D eigenvalue weighted by Gasteiger charge is 2.28. The van der Waals surface area contributed by atoms with Crippen LogP contribution in [0, 0.1) is 23.3 Å². The highest BCUT2D eigenvalue weighted by atomic mass is 35.5. The van der Waals surface area contributed by atoms with Gasteiger partial charge in [0.15, 0.2) is 23.3 Å². The third-order valence-corrected chi connectivity index (χ3v) is 9.57. The molecule has 0 N–H and O–H groups in total. The lowest BCUT2D eigenvalue weighted by Gasteiger charge is -2.13. The van der Waals surface area contributed by atoms with Gasteiger partial charge in [0, 0.05) is 55.3 Å². The summed E-state index contributed by atoms with van der Waals surface area (Å²) in [5, 5.41) is 0. The van der Waals surface area contributed by atoms with Crippen molar-refractivity contribution < 1.29 is 35.1 Å². The van der Waals surface area contributed by atoms with Crippen molar-refractivity contribution >= 4 is 34.8 Å². The van der Waals surface area contributed by atoms with Gasteiger partial charge in [-0.05, 0) is 84.7 Å². The van der Waals surface area contributed by atoms with Crippen molar-refractivity contribution in [3.05, 3.63) is 176 Å². The monoisotopic (exact) mass is 964 g/mol. The number of hydrogen-bond acceptors (Lipinski definition) is 0. The molecule has 0 spiro atoms. The number of rotatable bonds is 10. The number of hydrogen-bond donors (Lipinski definition) is 0. The number of aryl methyl sites for hydroxylation is 6. The summed E-state index contributed by atoms with van der Waals surface area (Å²) < 4.78 is 103. The summed E-state index contributed by atoms with van der Waals surface area (Å²) in [5.74, 6) is -11.1. The van der Waals surface area contributed by atoms with Crippen LogP contribution >= 0.6 is 34.8 Å². The van der Waals surface area contributed by atoms with Crippen LogP contribution in [0.25, 0.3) is 0 Å². The average Bonchev–Trinajstić information content (AvgIpc) is 3.33. The molecule has 11 heteroatoms. The van der Waals surface area contributed by atoms with Gasteiger partial charge in [0.1, 0.15) is 0 Å². The molecule has 0 aliphatic heterocycles. The lowest BCUT2D eigenvalue weighted by molar-refractivity contribution is 0.0131. The summed E-state index contributed by atoms with van der Waals surface area (Å²) in [5.41, 5.74) is 6.99. The summed E-state index contributed by atoms with van der Waals surface area (Å²) in [6, 6.07) is 30.6. The van der Waals surface area contributed by atoms with Crippen molar-refractivity contribution in [2.75, 3.05) is 19.1 Å². The first kappa shape index (κ1) is 64.7. The van der Waals surface area contributed by atoms with E-state index < -0.39 is 46.2 Å². The fourth-order valence-corrected chi connectivity index (χ4v) is 5.43. The van der Waals surface area contributed by atoms with Crippen LogP contribution in [0.4, 0.5) is 35.1 Å². The Morgan fingerprint density at radius 2 is 0.438 bits per heavy atom. The van der Waals surface area contributed by atoms with Gasteiger partial charge >= 0.3 is 0 Å². The van der Waals surface area contributed by atoms with E-state index in [1.807, 2.05) is 0 Å². The van der Waals surface area contributed by atoms with Crippen LogP contribution in [-0.2, 0) is 63.2 Å². The molecule has 0 heterocycles. The Morgan fingerprint density at radius 3 is 0.531 bits per heavy atom. The van der Waals surface area contributed by atoms with Crippen molar-refractivity contribution in [3.63, 3.8) is 0 Å². The molecule has 0 saturated carbocycles. The third-order valence-electron chi connectivity index (χ3n) is 9.57. The Balaban J connectivity index is -0.000000710. The Bertz CT molecular complexity index is 1610. The Labute approximate surface area is 395 Å². The summed E-state index contributed by atoms with van der Waals surface area (Å²) in [6.45, 7) is 17.4. The standard InChI is InChI=1S/2C10H10F4.3C10H14.3CH3Cl/c1-9(11,12)7-3-5-8(6-4-7)10(2,13)14;1-3-5-7(11)9(13)6(4-2)10(14)8(5)12;3*1-3-9-5-7-10(4-2)8-6-9;3*1-2/h3-6H,1-2H3;3-4H2,1-2H3;3*5-8H,3-4H2,1-2H3;3*1H3. The highest BCUT2D eigenvalue weighted by molar-refractivity contribution is 6.15. The molecule has 0 radical (unpaired) electrons. The molecule has 0 aromatic heterocycles. The lowest BCUT2D eigenvalue weighted by atomic mass is 10.0. The van der Waals surface area contributed by atoms with Crippen LogP contribution in [0.15, 0.2) is 97.1 Å². The molecular formula is C53H71Cl3F8. The van der Waals surface area contributed by atoms with Crippen LogP contribution in [-0.4, -0.2) is 19.1 Å². The van der Waals surface area contributed by atoms with Crippen molar-refractivity contribution in [3.8, 4) is 0 Å². The molecular weight excluding hydrogens is 895 g/mol. The lowest BCUT2D eigenvalue weighted by Crippen LogP contribution is -2.10. The van der Waals surface area contributed by atoms with E-state index in [9.17, 15) is 35.1 Å². The van der Waals surface area contributed by atoms with Crippen LogP contribution in [0.5, 0.6) is 0 Å². The topological polar surface area (TPSA) is 0 Å². The minimum Gasteiger partial charge on any atom is -0.203 e. The molecule has 5 aromatic rings. The van der Waals surface area contributed by atoms with E-state index in [1.54, 1.807) is 0 Å². The van der Waals surface area contributed by atoms with E-state index in [4.69, 9.17) is 0 Å². The molecule has 0 nitrogen and oxygen atoms in total. The maximum atomic E-state index is 13.1. The van der Waals surface area contributed by atoms with Gasteiger partial charge in [-0.3, -0.25) is 0 Å². The zero-order valence-corrected chi connectivity index (χ0v) is 42.3.